The number of carbonyl (C=O) groups excluding carboxylic acids is 1. The molecule has 1 N–H and O–H groups in total. The second-order valence-corrected chi connectivity index (χ2v) is 9.90. The average Bonchev–Trinajstić information content (AvgIpc) is 2.93. The van der Waals surface area contributed by atoms with Gasteiger partial charge in [0, 0.05) is 5.69 Å². The van der Waals surface area contributed by atoms with Crippen molar-refractivity contribution in [2.75, 3.05) is 4.90 Å². The Morgan fingerprint density at radius 1 is 0.968 bits per heavy atom. The van der Waals surface area contributed by atoms with E-state index in [1.165, 1.54) is 29.2 Å². The number of amides is 1. The zero-order valence-corrected chi connectivity index (χ0v) is 19.1. The summed E-state index contributed by atoms with van der Waals surface area (Å²) in [5.41, 5.74) is 1.95. The SMILES string of the molecule is Cc1ccc(N2C(=O)C(O)=C(P(=O)(OC(C)C)OC(C)C)[C@H]2c2ccc(F)cc2)cc1. The van der Waals surface area contributed by atoms with Gasteiger partial charge in [-0.25, -0.2) is 4.39 Å². The summed E-state index contributed by atoms with van der Waals surface area (Å²) in [4.78, 5) is 14.5. The normalized spacial score (nSPS) is 17.4. The Labute approximate surface area is 181 Å². The van der Waals surface area contributed by atoms with Gasteiger partial charge in [-0.15, -0.1) is 0 Å². The predicted octanol–water partition coefficient (Wildman–Crippen LogP) is 6.03. The van der Waals surface area contributed by atoms with E-state index in [0.29, 0.717) is 11.3 Å². The first-order chi connectivity index (χ1) is 14.5. The van der Waals surface area contributed by atoms with Crippen LogP contribution in [-0.4, -0.2) is 23.2 Å². The summed E-state index contributed by atoms with van der Waals surface area (Å²) in [5, 5.41) is 10.7. The van der Waals surface area contributed by atoms with Crippen molar-refractivity contribution >= 4 is 19.2 Å². The van der Waals surface area contributed by atoms with E-state index in [1.54, 1.807) is 39.8 Å². The molecule has 3 rings (SSSR count). The Morgan fingerprint density at radius 2 is 1.48 bits per heavy atom. The Morgan fingerprint density at radius 3 is 1.97 bits per heavy atom. The van der Waals surface area contributed by atoms with Gasteiger partial charge in [0.15, 0.2) is 5.76 Å². The van der Waals surface area contributed by atoms with Crippen LogP contribution < -0.4 is 4.90 Å². The minimum Gasteiger partial charge on any atom is -0.503 e. The number of benzene rings is 2. The fourth-order valence-electron chi connectivity index (χ4n) is 3.49. The largest absolute Gasteiger partial charge is 0.503 e. The van der Waals surface area contributed by atoms with E-state index in [1.807, 2.05) is 19.1 Å². The van der Waals surface area contributed by atoms with Crippen molar-refractivity contribution in [3.05, 3.63) is 76.5 Å². The maximum absolute atomic E-state index is 14.0. The Bertz CT molecular complexity index is 1020. The summed E-state index contributed by atoms with van der Waals surface area (Å²) >= 11 is 0. The summed E-state index contributed by atoms with van der Waals surface area (Å²) in [7, 11) is -4.10. The molecule has 1 aliphatic rings. The molecule has 1 atom stereocenters. The second-order valence-electron chi connectivity index (χ2n) is 8.00. The average molecular weight is 447 g/mol. The highest BCUT2D eigenvalue weighted by atomic mass is 31.2. The van der Waals surface area contributed by atoms with Gasteiger partial charge in [-0.1, -0.05) is 29.8 Å². The van der Waals surface area contributed by atoms with Gasteiger partial charge in [0.05, 0.1) is 18.2 Å². The molecule has 8 heteroatoms. The molecule has 0 bridgehead atoms. The van der Waals surface area contributed by atoms with Crippen LogP contribution in [-0.2, 0) is 18.4 Å². The molecule has 2 aromatic carbocycles. The zero-order valence-electron chi connectivity index (χ0n) is 18.2. The first-order valence-electron chi connectivity index (χ1n) is 10.1. The summed E-state index contributed by atoms with van der Waals surface area (Å²) in [6, 6.07) is 11.6. The first-order valence-corrected chi connectivity index (χ1v) is 11.6. The molecule has 0 spiro atoms. The Hall–Kier alpha value is -2.47. The summed E-state index contributed by atoms with van der Waals surface area (Å²) in [6.45, 7) is 8.67. The molecule has 1 aliphatic heterocycles. The van der Waals surface area contributed by atoms with E-state index in [0.717, 1.165) is 5.56 Å². The molecule has 1 heterocycles. The van der Waals surface area contributed by atoms with Crippen LogP contribution in [0.25, 0.3) is 0 Å². The molecule has 0 radical (unpaired) electrons. The number of nitrogens with zero attached hydrogens (tertiary/aromatic N) is 1. The summed E-state index contributed by atoms with van der Waals surface area (Å²) < 4.78 is 39.0. The first kappa shape index (κ1) is 23.2. The zero-order chi connectivity index (χ0) is 22.9. The number of anilines is 1. The topological polar surface area (TPSA) is 76.1 Å². The number of rotatable bonds is 7. The molecule has 2 aromatic rings. The van der Waals surface area contributed by atoms with Crippen LogP contribution in [0, 0.1) is 12.7 Å². The standard InChI is InChI=1S/C23H27FNO5P/c1-14(2)29-31(28,30-15(3)4)22-20(17-8-10-18(24)11-9-17)25(23(27)21(22)26)19-12-6-16(5)7-13-19/h6-15,20,26H,1-5H3/t20-/m1/s1. The molecule has 166 valence electrons. The van der Waals surface area contributed by atoms with Gasteiger partial charge in [-0.05, 0) is 64.4 Å². The van der Waals surface area contributed by atoms with E-state index in [2.05, 4.69) is 0 Å². The molecule has 0 aromatic heterocycles. The number of hydrogen-bond donors (Lipinski definition) is 1. The Kier molecular flexibility index (Phi) is 6.70. The molecule has 31 heavy (non-hydrogen) atoms. The van der Waals surface area contributed by atoms with Crippen LogP contribution in [0.2, 0.25) is 0 Å². The molecule has 0 fully saturated rings. The minimum atomic E-state index is -4.10. The smallest absolute Gasteiger partial charge is 0.364 e. The maximum atomic E-state index is 14.0. The predicted molar refractivity (Wildman–Crippen MR) is 118 cm³/mol. The van der Waals surface area contributed by atoms with E-state index in [9.17, 15) is 18.9 Å². The number of hydrogen-bond acceptors (Lipinski definition) is 5. The highest BCUT2D eigenvalue weighted by Gasteiger charge is 2.51. The van der Waals surface area contributed by atoms with Crippen molar-refractivity contribution in [1.82, 2.24) is 0 Å². The lowest BCUT2D eigenvalue weighted by Crippen LogP contribution is -2.30. The minimum absolute atomic E-state index is 0.146. The lowest BCUT2D eigenvalue weighted by atomic mass is 10.1. The molecular formula is C23H27FNO5P. The molecule has 0 aliphatic carbocycles. The van der Waals surface area contributed by atoms with Crippen molar-refractivity contribution < 1.29 is 27.9 Å². The van der Waals surface area contributed by atoms with Crippen molar-refractivity contribution in [2.45, 2.75) is 52.9 Å². The van der Waals surface area contributed by atoms with E-state index in [-0.39, 0.29) is 5.31 Å². The van der Waals surface area contributed by atoms with Crippen molar-refractivity contribution in [1.29, 1.82) is 0 Å². The van der Waals surface area contributed by atoms with Crippen LogP contribution in [0.5, 0.6) is 0 Å². The summed E-state index contributed by atoms with van der Waals surface area (Å²) in [5.74, 6) is -1.86. The van der Waals surface area contributed by atoms with Gasteiger partial charge >= 0.3 is 7.60 Å². The van der Waals surface area contributed by atoms with Gasteiger partial charge < -0.3 is 14.2 Å². The van der Waals surface area contributed by atoms with Gasteiger partial charge in [-0.2, -0.15) is 0 Å². The third-order valence-corrected chi connectivity index (χ3v) is 7.12. The number of aliphatic hydroxyl groups excluding tert-OH is 1. The number of carbonyl (C=O) groups is 1. The highest BCUT2D eigenvalue weighted by Crippen LogP contribution is 2.65. The van der Waals surface area contributed by atoms with Crippen LogP contribution in [0.4, 0.5) is 10.1 Å². The maximum Gasteiger partial charge on any atom is 0.364 e. The number of halogens is 1. The molecule has 0 saturated heterocycles. The third kappa shape index (κ3) is 4.74. The van der Waals surface area contributed by atoms with Gasteiger partial charge in [-0.3, -0.25) is 14.3 Å². The van der Waals surface area contributed by atoms with Gasteiger partial charge in [0.25, 0.3) is 5.91 Å². The van der Waals surface area contributed by atoms with Crippen LogP contribution in [0.15, 0.2) is 59.6 Å². The molecule has 1 amide bonds. The fourth-order valence-corrected chi connectivity index (χ4v) is 5.80. The lowest BCUT2D eigenvalue weighted by Gasteiger charge is -2.31. The Balaban J connectivity index is 2.23. The monoisotopic (exact) mass is 447 g/mol. The van der Waals surface area contributed by atoms with Crippen molar-refractivity contribution in [3.8, 4) is 0 Å². The van der Waals surface area contributed by atoms with E-state index in [4.69, 9.17) is 9.05 Å². The highest BCUT2D eigenvalue weighted by molar-refractivity contribution is 7.58. The second kappa shape index (κ2) is 8.95. The number of aryl methyl sites for hydroxylation is 1. The van der Waals surface area contributed by atoms with Gasteiger partial charge in [0.1, 0.15) is 11.1 Å². The fraction of sp³-hybridized carbons (Fsp3) is 0.348. The third-order valence-electron chi connectivity index (χ3n) is 4.67. The molecule has 0 unspecified atom stereocenters. The van der Waals surface area contributed by atoms with Crippen LogP contribution in [0.1, 0.15) is 44.9 Å². The van der Waals surface area contributed by atoms with Gasteiger partial charge in [0.2, 0.25) is 0 Å². The van der Waals surface area contributed by atoms with E-state index < -0.39 is 43.3 Å². The molecular weight excluding hydrogens is 420 g/mol. The molecule has 6 nitrogen and oxygen atoms in total. The van der Waals surface area contributed by atoms with Crippen molar-refractivity contribution in [2.24, 2.45) is 0 Å². The quantitative estimate of drug-likeness (QED) is 0.524. The van der Waals surface area contributed by atoms with Crippen LogP contribution in [0.3, 0.4) is 0 Å². The summed E-state index contributed by atoms with van der Waals surface area (Å²) in [6.07, 6.45) is -0.996. The van der Waals surface area contributed by atoms with E-state index >= 15 is 0 Å². The van der Waals surface area contributed by atoms with Crippen LogP contribution >= 0.6 is 7.60 Å². The lowest BCUT2D eigenvalue weighted by molar-refractivity contribution is -0.117. The van der Waals surface area contributed by atoms with Crippen molar-refractivity contribution in [3.63, 3.8) is 0 Å². The number of aliphatic hydroxyl groups is 1. The molecule has 0 saturated carbocycles.